The van der Waals surface area contributed by atoms with Crippen molar-refractivity contribution < 1.29 is 9.59 Å². The van der Waals surface area contributed by atoms with Crippen molar-refractivity contribution in [1.29, 1.82) is 0 Å². The van der Waals surface area contributed by atoms with Crippen LogP contribution < -0.4 is 11.1 Å². The number of hydrogen-bond donors (Lipinski definition) is 2. The Morgan fingerprint density at radius 1 is 1.38 bits per heavy atom. The molecule has 0 unspecified atom stereocenters. The monoisotopic (exact) mass is 289 g/mol. The number of carbonyl (C=O) groups excluding carboxylic acids is 2. The van der Waals surface area contributed by atoms with Crippen LogP contribution >= 0.6 is 0 Å². The van der Waals surface area contributed by atoms with Gasteiger partial charge in [-0.2, -0.15) is 0 Å². The number of hydrogen-bond acceptors (Lipinski definition) is 3. The first-order valence-electron chi connectivity index (χ1n) is 7.42. The molecule has 0 radical (unpaired) electrons. The fourth-order valence-corrected chi connectivity index (χ4v) is 2.75. The zero-order chi connectivity index (χ0) is 15.2. The number of nitrogens with zero attached hydrogens (tertiary/aromatic N) is 1. The minimum absolute atomic E-state index is 0.0172. The molecule has 0 bridgehead atoms. The third-order valence-electron chi connectivity index (χ3n) is 3.95. The Kier molecular flexibility index (Phi) is 5.33. The molecule has 114 valence electrons. The summed E-state index contributed by atoms with van der Waals surface area (Å²) in [5, 5.41) is 2.99. The van der Waals surface area contributed by atoms with Crippen LogP contribution in [0.3, 0.4) is 0 Å². The molecule has 1 aromatic rings. The Morgan fingerprint density at radius 2 is 2.10 bits per heavy atom. The number of likely N-dealkylation sites (tertiary alicyclic amines) is 1. The van der Waals surface area contributed by atoms with Crippen LogP contribution in [-0.2, 0) is 9.59 Å². The summed E-state index contributed by atoms with van der Waals surface area (Å²) < 4.78 is 0. The highest BCUT2D eigenvalue weighted by Crippen LogP contribution is 2.16. The van der Waals surface area contributed by atoms with E-state index >= 15 is 0 Å². The summed E-state index contributed by atoms with van der Waals surface area (Å²) >= 11 is 0. The first-order chi connectivity index (χ1) is 10.1. The van der Waals surface area contributed by atoms with Gasteiger partial charge in [0.15, 0.2) is 0 Å². The second-order valence-electron chi connectivity index (χ2n) is 5.68. The average molecular weight is 289 g/mol. The van der Waals surface area contributed by atoms with Crippen molar-refractivity contribution in [1.82, 2.24) is 10.2 Å². The van der Waals surface area contributed by atoms with Crippen LogP contribution in [0.5, 0.6) is 0 Å². The van der Waals surface area contributed by atoms with Gasteiger partial charge in [-0.3, -0.25) is 14.5 Å². The van der Waals surface area contributed by atoms with Crippen LogP contribution in [0.1, 0.15) is 31.4 Å². The van der Waals surface area contributed by atoms with Gasteiger partial charge in [0.05, 0.1) is 18.5 Å². The molecule has 1 saturated heterocycles. The molecular formula is C16H23N3O2. The Morgan fingerprint density at radius 3 is 2.76 bits per heavy atom. The summed E-state index contributed by atoms with van der Waals surface area (Å²) in [6.45, 7) is 3.72. The van der Waals surface area contributed by atoms with Crippen molar-refractivity contribution in [3.8, 4) is 0 Å². The van der Waals surface area contributed by atoms with E-state index < -0.39 is 0 Å². The predicted octanol–water partition coefficient (Wildman–Crippen LogP) is 1.06. The molecule has 1 fully saturated rings. The van der Waals surface area contributed by atoms with Crippen molar-refractivity contribution in [3.63, 3.8) is 0 Å². The molecule has 0 spiro atoms. The first kappa shape index (κ1) is 15.5. The molecule has 1 heterocycles. The lowest BCUT2D eigenvalue weighted by Crippen LogP contribution is -2.45. The van der Waals surface area contributed by atoms with E-state index in [-0.39, 0.29) is 23.8 Å². The molecule has 0 saturated carbocycles. The minimum atomic E-state index is -0.266. The first-order valence-corrected chi connectivity index (χ1v) is 7.42. The lowest BCUT2D eigenvalue weighted by Gasteiger charge is -2.30. The van der Waals surface area contributed by atoms with Gasteiger partial charge in [0.25, 0.3) is 0 Å². The SMILES string of the molecule is C[C@@H](NC(=O)CN1CCC[C@H](C(N)=O)C1)c1ccccc1. The number of rotatable bonds is 5. The molecule has 1 aliphatic rings. The Labute approximate surface area is 125 Å². The van der Waals surface area contributed by atoms with Crippen molar-refractivity contribution in [2.24, 2.45) is 11.7 Å². The molecule has 2 amide bonds. The highest BCUT2D eigenvalue weighted by molar-refractivity contribution is 5.79. The van der Waals surface area contributed by atoms with Gasteiger partial charge in [-0.05, 0) is 31.9 Å². The Hall–Kier alpha value is -1.88. The number of benzene rings is 1. The van der Waals surface area contributed by atoms with E-state index in [1.54, 1.807) is 0 Å². The fourth-order valence-electron chi connectivity index (χ4n) is 2.75. The van der Waals surface area contributed by atoms with Crippen LogP contribution in [0.25, 0.3) is 0 Å². The quantitative estimate of drug-likeness (QED) is 0.851. The smallest absolute Gasteiger partial charge is 0.234 e. The van der Waals surface area contributed by atoms with Crippen molar-refractivity contribution in [3.05, 3.63) is 35.9 Å². The van der Waals surface area contributed by atoms with E-state index in [1.807, 2.05) is 42.2 Å². The maximum atomic E-state index is 12.1. The average Bonchev–Trinajstić information content (AvgIpc) is 2.48. The summed E-state index contributed by atoms with van der Waals surface area (Å²) in [6, 6.07) is 9.84. The summed E-state index contributed by atoms with van der Waals surface area (Å²) in [5.74, 6) is -0.410. The molecule has 1 aliphatic heterocycles. The molecule has 5 nitrogen and oxygen atoms in total. The van der Waals surface area contributed by atoms with Gasteiger partial charge >= 0.3 is 0 Å². The van der Waals surface area contributed by atoms with Gasteiger partial charge < -0.3 is 11.1 Å². The van der Waals surface area contributed by atoms with E-state index in [1.165, 1.54) is 0 Å². The van der Waals surface area contributed by atoms with Crippen LogP contribution in [0.4, 0.5) is 0 Å². The molecule has 2 atom stereocenters. The molecule has 5 heteroatoms. The van der Waals surface area contributed by atoms with Gasteiger partial charge in [-0.1, -0.05) is 30.3 Å². The van der Waals surface area contributed by atoms with E-state index in [0.29, 0.717) is 13.1 Å². The number of nitrogens with one attached hydrogen (secondary N) is 1. The molecule has 1 aromatic carbocycles. The normalized spacial score (nSPS) is 20.7. The summed E-state index contributed by atoms with van der Waals surface area (Å²) in [4.78, 5) is 25.4. The van der Waals surface area contributed by atoms with Gasteiger partial charge in [0.1, 0.15) is 0 Å². The third kappa shape index (κ3) is 4.56. The van der Waals surface area contributed by atoms with Crippen LogP contribution in [0, 0.1) is 5.92 Å². The maximum absolute atomic E-state index is 12.1. The molecule has 2 rings (SSSR count). The maximum Gasteiger partial charge on any atom is 0.234 e. The highest BCUT2D eigenvalue weighted by atomic mass is 16.2. The van der Waals surface area contributed by atoms with Crippen molar-refractivity contribution in [2.75, 3.05) is 19.6 Å². The topological polar surface area (TPSA) is 75.4 Å². The molecule has 0 aromatic heterocycles. The van der Waals surface area contributed by atoms with Crippen LogP contribution in [0.15, 0.2) is 30.3 Å². The second-order valence-corrected chi connectivity index (χ2v) is 5.68. The predicted molar refractivity (Wildman–Crippen MR) is 81.4 cm³/mol. The van der Waals surface area contributed by atoms with Crippen LogP contribution in [-0.4, -0.2) is 36.3 Å². The zero-order valence-electron chi connectivity index (χ0n) is 12.4. The fraction of sp³-hybridized carbons (Fsp3) is 0.500. The highest BCUT2D eigenvalue weighted by Gasteiger charge is 2.25. The van der Waals surface area contributed by atoms with Gasteiger partial charge in [0, 0.05) is 6.54 Å². The third-order valence-corrected chi connectivity index (χ3v) is 3.95. The summed E-state index contributed by atoms with van der Waals surface area (Å²) in [5.41, 5.74) is 6.43. The minimum Gasteiger partial charge on any atom is -0.369 e. The zero-order valence-corrected chi connectivity index (χ0v) is 12.4. The van der Waals surface area contributed by atoms with Gasteiger partial charge in [0.2, 0.25) is 11.8 Å². The summed E-state index contributed by atoms with van der Waals surface area (Å²) in [7, 11) is 0. The van der Waals surface area contributed by atoms with Gasteiger partial charge in [-0.25, -0.2) is 0 Å². The number of carbonyl (C=O) groups is 2. The Bertz CT molecular complexity index is 490. The standard InChI is InChI=1S/C16H23N3O2/c1-12(13-6-3-2-4-7-13)18-15(20)11-19-9-5-8-14(10-19)16(17)21/h2-4,6-7,12,14H,5,8-11H2,1H3,(H2,17,21)(H,18,20)/t12-,14+/m1/s1. The van der Waals surface area contributed by atoms with E-state index in [4.69, 9.17) is 5.73 Å². The molecule has 21 heavy (non-hydrogen) atoms. The molecule has 3 N–H and O–H groups in total. The lowest BCUT2D eigenvalue weighted by atomic mass is 9.97. The van der Waals surface area contributed by atoms with E-state index in [2.05, 4.69) is 5.32 Å². The molecular weight excluding hydrogens is 266 g/mol. The largest absolute Gasteiger partial charge is 0.369 e. The van der Waals surface area contributed by atoms with Gasteiger partial charge in [-0.15, -0.1) is 0 Å². The second kappa shape index (κ2) is 7.22. The number of nitrogens with two attached hydrogens (primary N) is 1. The Balaban J connectivity index is 1.83. The number of primary amides is 1. The number of amides is 2. The van der Waals surface area contributed by atoms with Crippen LogP contribution in [0.2, 0.25) is 0 Å². The van der Waals surface area contributed by atoms with E-state index in [9.17, 15) is 9.59 Å². The molecule has 0 aliphatic carbocycles. The van der Waals surface area contributed by atoms with E-state index in [0.717, 1.165) is 24.9 Å². The summed E-state index contributed by atoms with van der Waals surface area (Å²) in [6.07, 6.45) is 1.74. The number of piperidine rings is 1. The van der Waals surface area contributed by atoms with Crippen molar-refractivity contribution >= 4 is 11.8 Å². The van der Waals surface area contributed by atoms with Crippen molar-refractivity contribution in [2.45, 2.75) is 25.8 Å². The lowest BCUT2D eigenvalue weighted by molar-refractivity contribution is -0.127.